The number of anilines is 1. The third-order valence-electron chi connectivity index (χ3n) is 3.47. The summed E-state index contributed by atoms with van der Waals surface area (Å²) in [5.41, 5.74) is 2.26. The summed E-state index contributed by atoms with van der Waals surface area (Å²) in [4.78, 5) is 20.7. The molecule has 0 aliphatic heterocycles. The van der Waals surface area contributed by atoms with E-state index < -0.39 is 0 Å². The Balaban J connectivity index is 1.44. The summed E-state index contributed by atoms with van der Waals surface area (Å²) in [6.45, 7) is 0. The molecule has 23 heavy (non-hydrogen) atoms. The lowest BCUT2D eigenvalue weighted by Gasteiger charge is -1.98. The van der Waals surface area contributed by atoms with Gasteiger partial charge in [0.05, 0.1) is 22.9 Å². The van der Waals surface area contributed by atoms with Gasteiger partial charge in [-0.15, -0.1) is 10.2 Å². The number of hydrogen-bond donors (Lipinski definition) is 1. The number of carbonyl (C=O) groups is 1. The lowest BCUT2D eigenvalue weighted by Crippen LogP contribution is -2.07. The van der Waals surface area contributed by atoms with Crippen LogP contribution in [0.4, 0.5) is 5.13 Å². The van der Waals surface area contributed by atoms with E-state index in [1.54, 1.807) is 12.3 Å². The molecule has 0 spiro atoms. The summed E-state index contributed by atoms with van der Waals surface area (Å²) in [6.07, 6.45) is 7.04. The predicted molar refractivity (Wildman–Crippen MR) is 89.1 cm³/mol. The van der Waals surface area contributed by atoms with Crippen LogP contribution < -0.4 is 5.32 Å². The molecule has 2 aromatic heterocycles. The first kappa shape index (κ1) is 14.0. The molecule has 1 amide bonds. The van der Waals surface area contributed by atoms with E-state index in [-0.39, 0.29) is 5.91 Å². The van der Waals surface area contributed by atoms with Crippen LogP contribution in [0.3, 0.4) is 0 Å². The van der Waals surface area contributed by atoms with Crippen molar-refractivity contribution in [3.63, 3.8) is 0 Å². The first-order chi connectivity index (χ1) is 11.3. The second-order valence-corrected chi connectivity index (χ2v) is 6.33. The van der Waals surface area contributed by atoms with Crippen LogP contribution in [-0.4, -0.2) is 26.1 Å². The molecule has 1 saturated carbocycles. The largest absolute Gasteiger partial charge is 0.297 e. The summed E-state index contributed by atoms with van der Waals surface area (Å²) >= 11 is 1.44. The van der Waals surface area contributed by atoms with Gasteiger partial charge in [-0.3, -0.25) is 15.1 Å². The van der Waals surface area contributed by atoms with Crippen molar-refractivity contribution in [1.29, 1.82) is 0 Å². The zero-order valence-electron chi connectivity index (χ0n) is 12.1. The van der Waals surface area contributed by atoms with Crippen LogP contribution in [0.2, 0.25) is 0 Å². The molecule has 0 atom stereocenters. The summed E-state index contributed by atoms with van der Waals surface area (Å²) in [5.74, 6) is 0.292. The van der Waals surface area contributed by atoms with Crippen LogP contribution in [0.1, 0.15) is 29.5 Å². The SMILES string of the molecule is O=C(C=Cc1cnc2ccccc2n1)Nc1nnc(C2CC2)s1. The zero-order chi connectivity index (χ0) is 15.6. The first-order valence-electron chi connectivity index (χ1n) is 7.32. The van der Waals surface area contributed by atoms with Crippen molar-refractivity contribution in [2.24, 2.45) is 0 Å². The smallest absolute Gasteiger partial charge is 0.250 e. The van der Waals surface area contributed by atoms with E-state index in [0.29, 0.717) is 16.7 Å². The molecule has 3 aromatic rings. The Kier molecular flexibility index (Phi) is 3.55. The molecular formula is C16H13N5OS. The van der Waals surface area contributed by atoms with Crippen molar-refractivity contribution >= 4 is 39.5 Å². The molecule has 1 aliphatic rings. The van der Waals surface area contributed by atoms with Crippen LogP contribution in [0.15, 0.2) is 36.5 Å². The maximum Gasteiger partial charge on any atom is 0.250 e. The second-order valence-electron chi connectivity index (χ2n) is 5.33. The molecule has 7 heteroatoms. The van der Waals surface area contributed by atoms with Gasteiger partial charge in [-0.25, -0.2) is 4.98 Å². The van der Waals surface area contributed by atoms with Gasteiger partial charge >= 0.3 is 0 Å². The summed E-state index contributed by atoms with van der Waals surface area (Å²) in [6, 6.07) is 7.61. The summed E-state index contributed by atoms with van der Waals surface area (Å²) in [7, 11) is 0. The van der Waals surface area contributed by atoms with Gasteiger partial charge in [0.1, 0.15) is 5.01 Å². The molecule has 1 fully saturated rings. The Morgan fingerprint density at radius 1 is 1.22 bits per heavy atom. The van der Waals surface area contributed by atoms with E-state index >= 15 is 0 Å². The first-order valence-corrected chi connectivity index (χ1v) is 8.14. The normalized spacial score (nSPS) is 14.4. The van der Waals surface area contributed by atoms with Crippen LogP contribution in [0.25, 0.3) is 17.1 Å². The summed E-state index contributed by atoms with van der Waals surface area (Å²) in [5, 5.41) is 12.3. The minimum Gasteiger partial charge on any atom is -0.297 e. The lowest BCUT2D eigenvalue weighted by atomic mass is 10.3. The molecule has 0 bridgehead atoms. The third kappa shape index (κ3) is 3.24. The number of fused-ring (bicyclic) bond motifs is 1. The molecular weight excluding hydrogens is 310 g/mol. The average molecular weight is 323 g/mol. The van der Waals surface area contributed by atoms with Crippen molar-refractivity contribution in [3.8, 4) is 0 Å². The van der Waals surface area contributed by atoms with Gasteiger partial charge in [-0.1, -0.05) is 23.5 Å². The van der Waals surface area contributed by atoms with Crippen molar-refractivity contribution in [1.82, 2.24) is 20.2 Å². The lowest BCUT2D eigenvalue weighted by molar-refractivity contribution is -0.111. The standard InChI is InChI=1S/C16H13N5OS/c22-14(19-16-21-20-15(23-16)10-5-6-10)8-7-11-9-17-12-3-1-2-4-13(12)18-11/h1-4,7-10H,5-6H2,(H,19,21,22). The number of para-hydroxylation sites is 2. The number of aromatic nitrogens is 4. The van der Waals surface area contributed by atoms with Gasteiger partial charge in [-0.05, 0) is 31.1 Å². The van der Waals surface area contributed by atoms with E-state index in [1.807, 2.05) is 24.3 Å². The molecule has 1 aromatic carbocycles. The minimum atomic E-state index is -0.251. The Labute approximate surface area is 136 Å². The van der Waals surface area contributed by atoms with Crippen LogP contribution in [0, 0.1) is 0 Å². The molecule has 2 heterocycles. The molecule has 0 unspecified atom stereocenters. The number of carbonyl (C=O) groups excluding carboxylic acids is 1. The van der Waals surface area contributed by atoms with Crippen LogP contribution in [0.5, 0.6) is 0 Å². The van der Waals surface area contributed by atoms with Gasteiger partial charge in [-0.2, -0.15) is 0 Å². The van der Waals surface area contributed by atoms with Gasteiger partial charge in [0.15, 0.2) is 0 Å². The van der Waals surface area contributed by atoms with Crippen molar-refractivity contribution < 1.29 is 4.79 Å². The molecule has 1 aliphatic carbocycles. The number of rotatable bonds is 4. The molecule has 0 radical (unpaired) electrons. The number of hydrogen-bond acceptors (Lipinski definition) is 6. The van der Waals surface area contributed by atoms with E-state index in [9.17, 15) is 4.79 Å². The second kappa shape index (κ2) is 5.85. The van der Waals surface area contributed by atoms with E-state index in [2.05, 4.69) is 25.5 Å². The van der Waals surface area contributed by atoms with Gasteiger partial charge < -0.3 is 0 Å². The topological polar surface area (TPSA) is 80.7 Å². The quantitative estimate of drug-likeness (QED) is 0.747. The highest BCUT2D eigenvalue weighted by Gasteiger charge is 2.27. The molecule has 0 saturated heterocycles. The number of nitrogens with one attached hydrogen (secondary N) is 1. The van der Waals surface area contributed by atoms with Crippen molar-refractivity contribution in [3.05, 3.63) is 47.2 Å². The Hall–Kier alpha value is -2.67. The molecule has 4 rings (SSSR count). The van der Waals surface area contributed by atoms with Crippen molar-refractivity contribution in [2.45, 2.75) is 18.8 Å². The predicted octanol–water partition coefficient (Wildman–Crippen LogP) is 3.01. The monoisotopic (exact) mass is 323 g/mol. The fourth-order valence-electron chi connectivity index (χ4n) is 2.14. The highest BCUT2D eigenvalue weighted by molar-refractivity contribution is 7.15. The van der Waals surface area contributed by atoms with Gasteiger partial charge in [0.25, 0.3) is 0 Å². The highest BCUT2D eigenvalue weighted by atomic mass is 32.1. The number of nitrogens with zero attached hydrogens (tertiary/aromatic N) is 4. The number of amides is 1. The molecule has 1 N–H and O–H groups in total. The van der Waals surface area contributed by atoms with Crippen LogP contribution in [-0.2, 0) is 4.79 Å². The fourth-order valence-corrected chi connectivity index (χ4v) is 3.06. The highest BCUT2D eigenvalue weighted by Crippen LogP contribution is 2.41. The fraction of sp³-hybridized carbons (Fsp3) is 0.188. The summed E-state index contributed by atoms with van der Waals surface area (Å²) < 4.78 is 0. The van der Waals surface area contributed by atoms with E-state index in [4.69, 9.17) is 0 Å². The zero-order valence-corrected chi connectivity index (χ0v) is 13.0. The van der Waals surface area contributed by atoms with E-state index in [0.717, 1.165) is 16.0 Å². The molecule has 6 nitrogen and oxygen atoms in total. The Morgan fingerprint density at radius 2 is 2.04 bits per heavy atom. The van der Waals surface area contributed by atoms with Gasteiger partial charge in [0.2, 0.25) is 11.0 Å². The van der Waals surface area contributed by atoms with Crippen molar-refractivity contribution in [2.75, 3.05) is 5.32 Å². The molecule has 114 valence electrons. The maximum absolute atomic E-state index is 11.9. The Morgan fingerprint density at radius 3 is 2.87 bits per heavy atom. The Bertz CT molecular complexity index is 900. The average Bonchev–Trinajstić information content (AvgIpc) is 3.33. The maximum atomic E-state index is 11.9. The third-order valence-corrected chi connectivity index (χ3v) is 4.47. The minimum absolute atomic E-state index is 0.251. The van der Waals surface area contributed by atoms with Gasteiger partial charge in [0, 0.05) is 12.0 Å². The van der Waals surface area contributed by atoms with E-state index in [1.165, 1.54) is 30.3 Å². The number of benzene rings is 1. The van der Waals surface area contributed by atoms with Crippen LogP contribution >= 0.6 is 11.3 Å².